The number of hydrogen-bond acceptors (Lipinski definition) is 5. The molecular formula is C14H26O5. The van der Waals surface area contributed by atoms with Crippen molar-refractivity contribution in [3.8, 4) is 0 Å². The molecule has 0 bridgehead atoms. The van der Waals surface area contributed by atoms with E-state index in [1.165, 1.54) is 0 Å². The van der Waals surface area contributed by atoms with E-state index in [0.717, 1.165) is 25.7 Å². The third kappa shape index (κ3) is 5.58. The summed E-state index contributed by atoms with van der Waals surface area (Å²) >= 11 is 0. The Balaban J connectivity index is 2.21. The first-order chi connectivity index (χ1) is 9.20. The number of hydrogen-bond donors (Lipinski definition) is 3. The predicted octanol–water partition coefficient (Wildman–Crippen LogP) is 0.621. The van der Waals surface area contributed by atoms with Gasteiger partial charge in [-0.2, -0.15) is 0 Å². The summed E-state index contributed by atoms with van der Waals surface area (Å²) < 4.78 is 10.8. The van der Waals surface area contributed by atoms with Gasteiger partial charge >= 0.3 is 0 Å². The van der Waals surface area contributed by atoms with Crippen molar-refractivity contribution in [1.82, 2.24) is 0 Å². The van der Waals surface area contributed by atoms with E-state index in [2.05, 4.69) is 6.08 Å². The SMILES string of the molecule is C/C=C/CCCCCO[C@H]1[C@H](O)[C@@H](O)CO[C@@H]1CO. The third-order valence-electron chi connectivity index (χ3n) is 3.32. The van der Waals surface area contributed by atoms with Crippen LogP contribution in [0, 0.1) is 0 Å². The van der Waals surface area contributed by atoms with Gasteiger partial charge in [-0.25, -0.2) is 0 Å². The molecule has 4 atom stereocenters. The minimum absolute atomic E-state index is 0.0373. The van der Waals surface area contributed by atoms with E-state index >= 15 is 0 Å². The minimum atomic E-state index is -0.992. The first-order valence-corrected chi connectivity index (χ1v) is 7.02. The quantitative estimate of drug-likeness (QED) is 0.447. The number of unbranched alkanes of at least 4 members (excludes halogenated alkanes) is 3. The molecule has 1 saturated heterocycles. The normalized spacial score (nSPS) is 32.0. The lowest BCUT2D eigenvalue weighted by Crippen LogP contribution is -2.55. The molecule has 5 nitrogen and oxygen atoms in total. The van der Waals surface area contributed by atoms with E-state index in [-0.39, 0.29) is 13.2 Å². The van der Waals surface area contributed by atoms with Gasteiger partial charge in [-0.3, -0.25) is 0 Å². The second-order valence-electron chi connectivity index (χ2n) is 4.87. The number of rotatable bonds is 8. The highest BCUT2D eigenvalue weighted by Crippen LogP contribution is 2.19. The Morgan fingerprint density at radius 3 is 2.74 bits per heavy atom. The average Bonchev–Trinajstić information content (AvgIpc) is 2.42. The predicted molar refractivity (Wildman–Crippen MR) is 71.9 cm³/mol. The maximum atomic E-state index is 9.84. The van der Waals surface area contributed by atoms with Crippen molar-refractivity contribution < 1.29 is 24.8 Å². The summed E-state index contributed by atoms with van der Waals surface area (Å²) in [5, 5.41) is 28.5. The highest BCUT2D eigenvalue weighted by molar-refractivity contribution is 4.87. The lowest BCUT2D eigenvalue weighted by Gasteiger charge is -2.37. The Morgan fingerprint density at radius 2 is 2.05 bits per heavy atom. The van der Waals surface area contributed by atoms with E-state index < -0.39 is 24.4 Å². The lowest BCUT2D eigenvalue weighted by atomic mass is 10.0. The molecule has 0 spiro atoms. The van der Waals surface area contributed by atoms with Gasteiger partial charge in [0.15, 0.2) is 0 Å². The topological polar surface area (TPSA) is 79.2 Å². The highest BCUT2D eigenvalue weighted by atomic mass is 16.6. The molecule has 3 N–H and O–H groups in total. The van der Waals surface area contributed by atoms with Gasteiger partial charge in [-0.05, 0) is 26.2 Å². The molecule has 1 rings (SSSR count). The Hall–Kier alpha value is -0.460. The molecule has 5 heteroatoms. The first-order valence-electron chi connectivity index (χ1n) is 7.02. The van der Waals surface area contributed by atoms with Gasteiger partial charge in [0.1, 0.15) is 24.4 Å². The van der Waals surface area contributed by atoms with Crippen molar-refractivity contribution in [2.24, 2.45) is 0 Å². The summed E-state index contributed by atoms with van der Waals surface area (Å²) in [6.45, 7) is 2.34. The summed E-state index contributed by atoms with van der Waals surface area (Å²) in [7, 11) is 0. The van der Waals surface area contributed by atoms with E-state index in [9.17, 15) is 10.2 Å². The molecule has 0 aliphatic carbocycles. The fourth-order valence-electron chi connectivity index (χ4n) is 2.14. The smallest absolute Gasteiger partial charge is 0.114 e. The molecule has 0 amide bonds. The molecule has 0 aromatic heterocycles. The monoisotopic (exact) mass is 274 g/mol. The van der Waals surface area contributed by atoms with Crippen LogP contribution in [0.5, 0.6) is 0 Å². The Kier molecular flexibility index (Phi) is 8.25. The zero-order valence-corrected chi connectivity index (χ0v) is 11.6. The van der Waals surface area contributed by atoms with Crippen molar-refractivity contribution in [3.05, 3.63) is 12.2 Å². The van der Waals surface area contributed by atoms with Crippen molar-refractivity contribution in [3.63, 3.8) is 0 Å². The van der Waals surface area contributed by atoms with Crippen LogP contribution in [0.15, 0.2) is 12.2 Å². The molecule has 0 radical (unpaired) electrons. The lowest BCUT2D eigenvalue weighted by molar-refractivity contribution is -0.211. The summed E-state index contributed by atoms with van der Waals surface area (Å²) in [5.74, 6) is 0. The fourth-order valence-corrected chi connectivity index (χ4v) is 2.14. The summed E-state index contributed by atoms with van der Waals surface area (Å²) in [4.78, 5) is 0. The van der Waals surface area contributed by atoms with Gasteiger partial charge in [0, 0.05) is 6.61 Å². The van der Waals surface area contributed by atoms with Gasteiger partial charge in [-0.15, -0.1) is 0 Å². The van der Waals surface area contributed by atoms with Crippen LogP contribution in [0.3, 0.4) is 0 Å². The Bertz CT molecular complexity index is 254. The van der Waals surface area contributed by atoms with Crippen molar-refractivity contribution in [2.75, 3.05) is 19.8 Å². The number of aliphatic hydroxyl groups is 3. The van der Waals surface area contributed by atoms with Crippen LogP contribution >= 0.6 is 0 Å². The number of allylic oxidation sites excluding steroid dienone is 2. The molecule has 0 aromatic rings. The van der Waals surface area contributed by atoms with Crippen LogP contribution in [0.2, 0.25) is 0 Å². The van der Waals surface area contributed by atoms with Gasteiger partial charge in [0.2, 0.25) is 0 Å². The summed E-state index contributed by atoms with van der Waals surface area (Å²) in [6.07, 6.45) is 5.18. The molecule has 19 heavy (non-hydrogen) atoms. The van der Waals surface area contributed by atoms with E-state index in [1.807, 2.05) is 13.0 Å². The first kappa shape index (κ1) is 16.6. The molecule has 0 aromatic carbocycles. The molecule has 1 heterocycles. The van der Waals surface area contributed by atoms with Crippen LogP contribution < -0.4 is 0 Å². The van der Waals surface area contributed by atoms with Crippen LogP contribution in [0.1, 0.15) is 32.6 Å². The van der Waals surface area contributed by atoms with E-state index in [0.29, 0.717) is 6.61 Å². The minimum Gasteiger partial charge on any atom is -0.394 e. The molecule has 0 saturated carbocycles. The highest BCUT2D eigenvalue weighted by Gasteiger charge is 2.39. The molecule has 112 valence electrons. The maximum absolute atomic E-state index is 9.84. The van der Waals surface area contributed by atoms with Crippen molar-refractivity contribution in [2.45, 2.75) is 57.0 Å². The molecule has 1 aliphatic rings. The van der Waals surface area contributed by atoms with Gasteiger partial charge in [0.25, 0.3) is 0 Å². The number of aliphatic hydroxyl groups excluding tert-OH is 3. The van der Waals surface area contributed by atoms with Crippen LogP contribution in [-0.4, -0.2) is 59.6 Å². The second kappa shape index (κ2) is 9.44. The Labute approximate surface area is 114 Å². The van der Waals surface area contributed by atoms with Crippen molar-refractivity contribution in [1.29, 1.82) is 0 Å². The van der Waals surface area contributed by atoms with Gasteiger partial charge < -0.3 is 24.8 Å². The molecule has 1 fully saturated rings. The van der Waals surface area contributed by atoms with Gasteiger partial charge in [-0.1, -0.05) is 18.6 Å². The fraction of sp³-hybridized carbons (Fsp3) is 0.857. The number of ether oxygens (including phenoxy) is 2. The van der Waals surface area contributed by atoms with Crippen molar-refractivity contribution >= 4 is 0 Å². The van der Waals surface area contributed by atoms with E-state index in [4.69, 9.17) is 14.6 Å². The maximum Gasteiger partial charge on any atom is 0.114 e. The van der Waals surface area contributed by atoms with Gasteiger partial charge in [0.05, 0.1) is 13.2 Å². The zero-order chi connectivity index (χ0) is 14.1. The zero-order valence-electron chi connectivity index (χ0n) is 11.6. The summed E-state index contributed by atoms with van der Waals surface area (Å²) in [6, 6.07) is 0. The largest absolute Gasteiger partial charge is 0.394 e. The van der Waals surface area contributed by atoms with Crippen LogP contribution in [0.25, 0.3) is 0 Å². The second-order valence-corrected chi connectivity index (χ2v) is 4.87. The molecule has 0 unspecified atom stereocenters. The standard InChI is InChI=1S/C14H26O5/c1-2-3-4-5-6-7-8-18-14-12(9-15)19-10-11(16)13(14)17/h2-3,11-17H,4-10H2,1H3/b3-2+/t11-,12+,13+,14+/m0/s1. The Morgan fingerprint density at radius 1 is 1.26 bits per heavy atom. The van der Waals surface area contributed by atoms with Crippen LogP contribution in [0.4, 0.5) is 0 Å². The summed E-state index contributed by atoms with van der Waals surface area (Å²) in [5.41, 5.74) is 0. The average molecular weight is 274 g/mol. The third-order valence-corrected chi connectivity index (χ3v) is 3.32. The van der Waals surface area contributed by atoms with E-state index in [1.54, 1.807) is 0 Å². The molecule has 1 aliphatic heterocycles. The van der Waals surface area contributed by atoms with Crippen LogP contribution in [-0.2, 0) is 9.47 Å². The molecular weight excluding hydrogens is 248 g/mol.